The average molecular weight is 419 g/mol. The molecule has 0 atom stereocenters. The summed E-state index contributed by atoms with van der Waals surface area (Å²) in [6.45, 7) is 8.14. The topological polar surface area (TPSA) is 45.5 Å². The summed E-state index contributed by atoms with van der Waals surface area (Å²) in [6, 6.07) is 11.3. The second-order valence-electron chi connectivity index (χ2n) is 7.89. The average Bonchev–Trinajstić information content (AvgIpc) is 3.08. The molecule has 0 radical (unpaired) electrons. The molecule has 1 aromatic heterocycles. The van der Waals surface area contributed by atoms with Gasteiger partial charge >= 0.3 is 7.12 Å². The van der Waals surface area contributed by atoms with E-state index in [1.807, 2.05) is 58.0 Å². The maximum Gasteiger partial charge on any atom is 0.494 e. The Labute approximate surface area is 174 Å². The van der Waals surface area contributed by atoms with Gasteiger partial charge in [-0.15, -0.1) is 0 Å². The number of halogens is 2. The number of ether oxygens (including phenoxy) is 1. The summed E-state index contributed by atoms with van der Waals surface area (Å²) in [4.78, 5) is 0. The number of hydrogen-bond donors (Lipinski definition) is 0. The van der Waals surface area contributed by atoms with Crippen molar-refractivity contribution in [2.45, 2.75) is 38.9 Å². The Morgan fingerprint density at radius 2 is 1.61 bits per heavy atom. The van der Waals surface area contributed by atoms with Gasteiger partial charge in [-0.1, -0.05) is 35.3 Å². The van der Waals surface area contributed by atoms with Crippen LogP contribution in [0.15, 0.2) is 36.4 Å². The lowest BCUT2D eigenvalue weighted by Crippen LogP contribution is -2.41. The molecule has 3 aromatic rings. The maximum atomic E-state index is 6.57. The van der Waals surface area contributed by atoms with Crippen molar-refractivity contribution in [2.24, 2.45) is 0 Å². The molecule has 0 N–H and O–H groups in total. The van der Waals surface area contributed by atoms with E-state index in [2.05, 4.69) is 5.10 Å². The Morgan fingerprint density at radius 1 is 1.00 bits per heavy atom. The summed E-state index contributed by atoms with van der Waals surface area (Å²) < 4.78 is 19.1. The minimum Gasteiger partial charge on any atom is -0.497 e. The Morgan fingerprint density at radius 3 is 2.18 bits per heavy atom. The highest BCUT2D eigenvalue weighted by atomic mass is 35.5. The normalized spacial score (nSPS) is 18.0. The molecule has 0 saturated carbocycles. The first-order chi connectivity index (χ1) is 13.1. The van der Waals surface area contributed by atoms with Crippen molar-refractivity contribution >= 4 is 46.7 Å². The minimum atomic E-state index is -0.412. The van der Waals surface area contributed by atoms with Crippen LogP contribution in [-0.2, 0) is 9.31 Å². The number of fused-ring (bicyclic) bond motifs is 1. The third-order valence-electron chi connectivity index (χ3n) is 5.54. The van der Waals surface area contributed by atoms with E-state index in [0.717, 1.165) is 16.5 Å². The molecule has 8 heteroatoms. The zero-order valence-corrected chi connectivity index (χ0v) is 17.9. The van der Waals surface area contributed by atoms with Crippen molar-refractivity contribution in [3.05, 3.63) is 46.6 Å². The van der Waals surface area contributed by atoms with Crippen LogP contribution < -0.4 is 10.2 Å². The lowest BCUT2D eigenvalue weighted by molar-refractivity contribution is 0.00578. The van der Waals surface area contributed by atoms with Crippen molar-refractivity contribution in [3.8, 4) is 11.4 Å². The van der Waals surface area contributed by atoms with E-state index in [-0.39, 0.29) is 11.2 Å². The fraction of sp³-hybridized carbons (Fsp3) is 0.350. The van der Waals surface area contributed by atoms with Gasteiger partial charge in [0.1, 0.15) is 16.4 Å². The highest BCUT2D eigenvalue weighted by Gasteiger charge is 2.51. The van der Waals surface area contributed by atoms with E-state index in [9.17, 15) is 0 Å². The number of nitrogens with zero attached hydrogens (tertiary/aromatic N) is 2. The summed E-state index contributed by atoms with van der Waals surface area (Å²) >= 11 is 12.9. The molecule has 1 fully saturated rings. The maximum absolute atomic E-state index is 6.57. The molecule has 0 spiro atoms. The molecule has 1 aliphatic rings. The second kappa shape index (κ2) is 6.66. The molecule has 0 aliphatic carbocycles. The van der Waals surface area contributed by atoms with Gasteiger partial charge in [0.25, 0.3) is 0 Å². The Balaban J connectivity index is 1.68. The minimum absolute atomic E-state index is 0.380. The zero-order valence-electron chi connectivity index (χ0n) is 16.4. The van der Waals surface area contributed by atoms with Crippen molar-refractivity contribution in [1.82, 2.24) is 9.78 Å². The zero-order chi connectivity index (χ0) is 20.3. The lowest BCUT2D eigenvalue weighted by atomic mass is 9.79. The van der Waals surface area contributed by atoms with E-state index >= 15 is 0 Å². The van der Waals surface area contributed by atoms with Gasteiger partial charge in [0.15, 0.2) is 0 Å². The van der Waals surface area contributed by atoms with E-state index in [1.54, 1.807) is 17.9 Å². The van der Waals surface area contributed by atoms with E-state index in [1.165, 1.54) is 0 Å². The molecule has 146 valence electrons. The van der Waals surface area contributed by atoms with Crippen molar-refractivity contribution in [2.75, 3.05) is 7.11 Å². The van der Waals surface area contributed by atoms with Gasteiger partial charge < -0.3 is 14.0 Å². The SMILES string of the molecule is COc1cc(Cl)c2nn(-c3ccc(B4OC(C)(C)C(C)(C)O4)cc3)c(Cl)c2c1. The summed E-state index contributed by atoms with van der Waals surface area (Å²) in [5.74, 6) is 0.634. The molecule has 4 rings (SSSR count). The molecule has 28 heavy (non-hydrogen) atoms. The van der Waals surface area contributed by atoms with Crippen LogP contribution in [0.25, 0.3) is 16.6 Å². The van der Waals surface area contributed by atoms with Crippen molar-refractivity contribution in [1.29, 1.82) is 0 Å². The van der Waals surface area contributed by atoms with Crippen LogP contribution in [0.5, 0.6) is 5.75 Å². The van der Waals surface area contributed by atoms with Crippen LogP contribution in [0.4, 0.5) is 0 Å². The highest BCUT2D eigenvalue weighted by molar-refractivity contribution is 6.62. The summed E-state index contributed by atoms with van der Waals surface area (Å²) in [5, 5.41) is 6.26. The number of benzene rings is 2. The van der Waals surface area contributed by atoms with Crippen LogP contribution in [-0.4, -0.2) is 35.2 Å². The van der Waals surface area contributed by atoms with Crippen LogP contribution in [0.1, 0.15) is 27.7 Å². The largest absolute Gasteiger partial charge is 0.497 e. The quantitative estimate of drug-likeness (QED) is 0.581. The van der Waals surface area contributed by atoms with E-state index in [4.69, 9.17) is 37.2 Å². The molecule has 5 nitrogen and oxygen atoms in total. The van der Waals surface area contributed by atoms with Gasteiger partial charge in [-0.3, -0.25) is 0 Å². The number of methoxy groups -OCH3 is 1. The first kappa shape index (κ1) is 19.6. The highest BCUT2D eigenvalue weighted by Crippen LogP contribution is 2.37. The van der Waals surface area contributed by atoms with Gasteiger partial charge in [0.05, 0.1) is 29.0 Å². The van der Waals surface area contributed by atoms with Crippen molar-refractivity contribution in [3.63, 3.8) is 0 Å². The molecule has 0 amide bonds. The fourth-order valence-electron chi connectivity index (χ4n) is 3.13. The van der Waals surface area contributed by atoms with E-state index < -0.39 is 7.12 Å². The van der Waals surface area contributed by atoms with Crippen LogP contribution in [0.3, 0.4) is 0 Å². The lowest BCUT2D eigenvalue weighted by Gasteiger charge is -2.32. The molecule has 2 heterocycles. The molecule has 1 aliphatic heterocycles. The Kier molecular flexibility index (Phi) is 4.66. The molecule has 0 unspecified atom stereocenters. The number of hydrogen-bond acceptors (Lipinski definition) is 4. The summed E-state index contributed by atoms with van der Waals surface area (Å²) in [7, 11) is 1.18. The molecular formula is C20H21BCl2N2O3. The predicted octanol–water partition coefficient (Wildman–Crippen LogP) is 4.64. The smallest absolute Gasteiger partial charge is 0.494 e. The van der Waals surface area contributed by atoms with Crippen LogP contribution in [0.2, 0.25) is 10.2 Å². The predicted molar refractivity (Wildman–Crippen MR) is 113 cm³/mol. The number of rotatable bonds is 3. The second-order valence-corrected chi connectivity index (χ2v) is 8.65. The number of aromatic nitrogens is 2. The van der Waals surface area contributed by atoms with Gasteiger partial charge in [0, 0.05) is 11.5 Å². The monoisotopic (exact) mass is 418 g/mol. The summed E-state index contributed by atoms with van der Waals surface area (Å²) in [5.41, 5.74) is 1.62. The molecule has 2 aromatic carbocycles. The molecule has 1 saturated heterocycles. The van der Waals surface area contributed by atoms with Crippen molar-refractivity contribution < 1.29 is 14.0 Å². The van der Waals surface area contributed by atoms with E-state index in [0.29, 0.717) is 21.4 Å². The third kappa shape index (κ3) is 3.09. The standard InChI is InChI=1S/C20H21BCl2N2O3/c1-19(2)20(3,4)28-21(27-19)12-6-8-13(9-7-12)25-18(23)15-10-14(26-5)11-16(22)17(15)24-25/h6-11H,1-5H3. The first-order valence-corrected chi connectivity index (χ1v) is 9.76. The van der Waals surface area contributed by atoms with Crippen LogP contribution >= 0.6 is 23.2 Å². The van der Waals surface area contributed by atoms with Gasteiger partial charge in [-0.05, 0) is 51.4 Å². The summed E-state index contributed by atoms with van der Waals surface area (Å²) in [6.07, 6.45) is 0. The Bertz CT molecular complexity index is 1030. The molecule has 0 bridgehead atoms. The fourth-order valence-corrected chi connectivity index (χ4v) is 3.66. The van der Waals surface area contributed by atoms with Crippen LogP contribution in [0, 0.1) is 0 Å². The first-order valence-electron chi connectivity index (χ1n) is 9.01. The van der Waals surface area contributed by atoms with Gasteiger partial charge in [-0.25, -0.2) is 4.68 Å². The Hall–Kier alpha value is -1.73. The third-order valence-corrected chi connectivity index (χ3v) is 6.20. The van der Waals surface area contributed by atoms with Gasteiger partial charge in [0.2, 0.25) is 0 Å². The molecular weight excluding hydrogens is 398 g/mol. The van der Waals surface area contributed by atoms with Gasteiger partial charge in [-0.2, -0.15) is 5.10 Å².